The fraction of sp³-hybridized carbons (Fsp3) is 0.358. The molecule has 3 aliphatic rings. The van der Waals surface area contributed by atoms with Crippen molar-refractivity contribution in [2.24, 2.45) is 4.99 Å². The van der Waals surface area contributed by atoms with Gasteiger partial charge in [-0.3, -0.25) is 0 Å². The number of aliphatic imine (C=N–C) groups is 1. The summed E-state index contributed by atoms with van der Waals surface area (Å²) in [7, 11) is 1.65. The molecule has 60 heavy (non-hydrogen) atoms. The van der Waals surface area contributed by atoms with Gasteiger partial charge < -0.3 is 30.3 Å². The van der Waals surface area contributed by atoms with E-state index in [2.05, 4.69) is 77.1 Å². The SMILES string of the molecule is COc1ccccc1N1CCN(c2c(C)cc(C)cc2C)C1=[N-].[CH2-]c1ccccc1.[CH2-]c1ccccc1.[Hf].c1ccc(CC(=NC2CCCCC2)[N-]C2CCCCC2)cc1. The first kappa shape index (κ1) is 47.9. The number of benzene rings is 5. The Kier molecular flexibility index (Phi) is 20.6. The molecule has 0 radical (unpaired) electrons. The number of rotatable bonds is 7. The van der Waals surface area contributed by atoms with E-state index in [9.17, 15) is 5.41 Å². The number of methoxy groups -OCH3 is 1. The maximum absolute atomic E-state index is 10.8. The van der Waals surface area contributed by atoms with Crippen LogP contribution in [0.4, 0.5) is 11.4 Å². The van der Waals surface area contributed by atoms with Crippen molar-refractivity contribution < 1.29 is 30.6 Å². The van der Waals surface area contributed by atoms with Crippen LogP contribution >= 0.6 is 0 Å². The maximum Gasteiger partial charge on any atom is 0.128 e. The minimum Gasteiger partial charge on any atom is -0.496 e. The van der Waals surface area contributed by atoms with Crippen LogP contribution in [0.3, 0.4) is 0 Å². The molecule has 2 aliphatic carbocycles. The molecule has 0 aromatic heterocycles. The Morgan fingerprint density at radius 2 is 1.15 bits per heavy atom. The van der Waals surface area contributed by atoms with E-state index in [0.29, 0.717) is 12.1 Å². The van der Waals surface area contributed by atoms with Gasteiger partial charge in [0.2, 0.25) is 0 Å². The van der Waals surface area contributed by atoms with Crippen molar-refractivity contribution in [3.63, 3.8) is 0 Å². The molecular formula is C53H65HfN5O-4. The van der Waals surface area contributed by atoms with Crippen molar-refractivity contribution in [3.05, 3.63) is 185 Å². The average molecular weight is 967 g/mol. The Labute approximate surface area is 381 Å². The second-order valence-electron chi connectivity index (χ2n) is 15.9. The molecule has 0 amide bonds. The fourth-order valence-corrected chi connectivity index (χ4v) is 8.14. The molecule has 1 aliphatic heterocycles. The summed E-state index contributed by atoms with van der Waals surface area (Å²) in [6.45, 7) is 15.2. The van der Waals surface area contributed by atoms with Crippen LogP contribution in [-0.4, -0.2) is 44.1 Å². The predicted molar refractivity (Wildman–Crippen MR) is 253 cm³/mol. The van der Waals surface area contributed by atoms with Crippen LogP contribution in [0.1, 0.15) is 97.6 Å². The van der Waals surface area contributed by atoms with Gasteiger partial charge in [-0.2, -0.15) is 49.2 Å². The van der Waals surface area contributed by atoms with Gasteiger partial charge >= 0.3 is 0 Å². The van der Waals surface area contributed by atoms with Gasteiger partial charge in [0.05, 0.1) is 7.11 Å². The number of hydrogen-bond donors (Lipinski definition) is 0. The molecule has 0 unspecified atom stereocenters. The zero-order valence-electron chi connectivity index (χ0n) is 36.5. The van der Waals surface area contributed by atoms with Crippen LogP contribution in [0.2, 0.25) is 0 Å². The number of hydrogen-bond acceptors (Lipinski definition) is 2. The molecule has 1 heterocycles. The summed E-state index contributed by atoms with van der Waals surface area (Å²) in [5.41, 5.74) is 9.06. The van der Waals surface area contributed by atoms with Gasteiger partial charge in [0, 0.05) is 37.5 Å². The van der Waals surface area contributed by atoms with Crippen LogP contribution in [0, 0.1) is 34.6 Å². The molecule has 5 aromatic carbocycles. The standard InChI is InChI=1S/C20H29N2.C19H22N3O.2C7H7.Hf/c1-4-10-17(11-5-1)16-20(21-18-12-6-2-7-13-18)22-19-14-8-3-9-15-19;1-13-11-14(2)18(15(3)12-13)22-10-9-21(19(22)20)16-7-5-6-8-17(16)23-4;2*1-7-5-3-2-4-6-7;/h1,4-5,10-11,18-19H,2-3,6-9,12-16H2;5-8,11-12H,9-10H2,1-4H3;2*2-6H,1H2;/q4*-1;. The fourth-order valence-electron chi connectivity index (χ4n) is 8.14. The maximum atomic E-state index is 10.8. The molecule has 7 heteroatoms. The summed E-state index contributed by atoms with van der Waals surface area (Å²) in [5, 5.41) is 15.9. The molecule has 316 valence electrons. The summed E-state index contributed by atoms with van der Waals surface area (Å²) < 4.78 is 5.43. The Morgan fingerprint density at radius 1 is 0.667 bits per heavy atom. The second-order valence-corrected chi connectivity index (χ2v) is 15.9. The second kappa shape index (κ2) is 25.8. The smallest absolute Gasteiger partial charge is 0.128 e. The van der Waals surface area contributed by atoms with Gasteiger partial charge in [-0.15, -0.1) is 24.3 Å². The van der Waals surface area contributed by atoms with Crippen LogP contribution in [-0.2, 0) is 32.3 Å². The van der Waals surface area contributed by atoms with E-state index in [-0.39, 0.29) is 31.8 Å². The molecule has 2 saturated carbocycles. The van der Waals surface area contributed by atoms with Gasteiger partial charge in [-0.05, 0) is 86.9 Å². The predicted octanol–water partition coefficient (Wildman–Crippen LogP) is 13.3. The minimum atomic E-state index is 0. The summed E-state index contributed by atoms with van der Waals surface area (Å²) in [5.74, 6) is 2.13. The van der Waals surface area contributed by atoms with E-state index in [1.54, 1.807) is 7.11 Å². The van der Waals surface area contributed by atoms with Gasteiger partial charge in [0.1, 0.15) is 5.75 Å². The number of amidine groups is 1. The van der Waals surface area contributed by atoms with Crippen molar-refractivity contribution in [2.75, 3.05) is 30.0 Å². The third kappa shape index (κ3) is 15.4. The molecule has 6 nitrogen and oxygen atoms in total. The number of para-hydroxylation sites is 2. The van der Waals surface area contributed by atoms with Crippen LogP contribution in [0.5, 0.6) is 5.75 Å². The summed E-state index contributed by atoms with van der Waals surface area (Å²) in [6.07, 6.45) is 14.1. The minimum absolute atomic E-state index is 0. The van der Waals surface area contributed by atoms with Crippen molar-refractivity contribution in [2.45, 2.75) is 103 Å². The van der Waals surface area contributed by atoms with E-state index in [1.165, 1.54) is 86.5 Å². The molecule has 8 rings (SSSR count). The quantitative estimate of drug-likeness (QED) is 0.0706. The summed E-state index contributed by atoms with van der Waals surface area (Å²) >= 11 is 0. The molecule has 0 spiro atoms. The van der Waals surface area contributed by atoms with Gasteiger partial charge in [0.15, 0.2) is 0 Å². The molecule has 5 aromatic rings. The molecule has 0 N–H and O–H groups in total. The van der Waals surface area contributed by atoms with Crippen molar-refractivity contribution in [1.29, 1.82) is 0 Å². The van der Waals surface area contributed by atoms with Crippen molar-refractivity contribution in [1.82, 2.24) is 0 Å². The van der Waals surface area contributed by atoms with Crippen molar-refractivity contribution >= 4 is 23.2 Å². The Morgan fingerprint density at radius 3 is 1.67 bits per heavy atom. The van der Waals surface area contributed by atoms with E-state index >= 15 is 0 Å². The normalized spacial score (nSPS) is 15.5. The zero-order valence-corrected chi connectivity index (χ0v) is 40.1. The number of anilines is 2. The van der Waals surface area contributed by atoms with E-state index in [4.69, 9.17) is 15.0 Å². The largest absolute Gasteiger partial charge is 0.496 e. The van der Waals surface area contributed by atoms with E-state index in [1.807, 2.05) is 94.7 Å². The third-order valence-corrected chi connectivity index (χ3v) is 11.0. The number of aryl methyl sites for hydroxylation is 3. The average Bonchev–Trinajstić information content (AvgIpc) is 3.62. The van der Waals surface area contributed by atoms with Gasteiger partial charge in [-0.25, -0.2) is 0 Å². The van der Waals surface area contributed by atoms with E-state index < -0.39 is 0 Å². The first-order chi connectivity index (χ1) is 28.7. The Balaban J connectivity index is 0.000000198. The van der Waals surface area contributed by atoms with Gasteiger partial charge in [-0.1, -0.05) is 142 Å². The van der Waals surface area contributed by atoms with Gasteiger partial charge in [0.25, 0.3) is 0 Å². The Hall–Kier alpha value is -4.75. The topological polar surface area (TPSA) is 64.5 Å². The van der Waals surface area contributed by atoms with Crippen LogP contribution in [0.25, 0.3) is 10.7 Å². The molecule has 3 fully saturated rings. The molecule has 0 atom stereocenters. The molecule has 0 bridgehead atoms. The molecule has 1 saturated heterocycles. The first-order valence-electron chi connectivity index (χ1n) is 21.6. The number of nitrogens with zero attached hydrogens (tertiary/aromatic N) is 5. The summed E-state index contributed by atoms with van der Waals surface area (Å²) in [6, 6.07) is 43.6. The molecular weight excluding hydrogens is 901 g/mol. The van der Waals surface area contributed by atoms with E-state index in [0.717, 1.165) is 53.6 Å². The Bertz CT molecular complexity index is 1950. The zero-order chi connectivity index (χ0) is 41.8. The third-order valence-electron chi connectivity index (χ3n) is 11.0. The summed E-state index contributed by atoms with van der Waals surface area (Å²) in [4.78, 5) is 8.96. The first-order valence-corrected chi connectivity index (χ1v) is 21.6. The van der Waals surface area contributed by atoms with Crippen LogP contribution < -0.4 is 14.5 Å². The van der Waals surface area contributed by atoms with Crippen molar-refractivity contribution in [3.8, 4) is 5.75 Å². The monoisotopic (exact) mass is 967 g/mol. The number of guanidine groups is 1. The van der Waals surface area contributed by atoms with Crippen LogP contribution in [0.15, 0.2) is 132 Å². The number of ether oxygens (including phenoxy) is 1.